The maximum Gasteiger partial charge on any atom is 0.175 e. The summed E-state index contributed by atoms with van der Waals surface area (Å²) in [4.78, 5) is 16.4. The molecule has 0 amide bonds. The van der Waals surface area contributed by atoms with Gasteiger partial charge in [0.05, 0.1) is 11.0 Å². The van der Waals surface area contributed by atoms with Gasteiger partial charge in [-0.05, 0) is 24.1 Å². The Hall–Kier alpha value is -2.78. The number of ketones is 1. The van der Waals surface area contributed by atoms with Gasteiger partial charge in [-0.3, -0.25) is 4.79 Å². The van der Waals surface area contributed by atoms with Crippen LogP contribution in [0.15, 0.2) is 84.9 Å². The van der Waals surface area contributed by atoms with Gasteiger partial charge in [0, 0.05) is 22.2 Å². The lowest BCUT2D eigenvalue weighted by Gasteiger charge is -2.17. The van der Waals surface area contributed by atoms with Crippen LogP contribution in [0.2, 0.25) is 0 Å². The number of carbonyl (C=O) groups excluding carboxylic acids is 1. The molecule has 1 heterocycles. The number of carbonyl (C=O) groups is 1. The third kappa shape index (κ3) is 3.69. The molecule has 0 aliphatic heterocycles. The Morgan fingerprint density at radius 1 is 0.852 bits per heavy atom. The lowest BCUT2D eigenvalue weighted by Crippen LogP contribution is -2.07. The lowest BCUT2D eigenvalue weighted by molar-refractivity contribution is 0.102. The van der Waals surface area contributed by atoms with Crippen LogP contribution >= 0.6 is 11.8 Å². The van der Waals surface area contributed by atoms with E-state index in [0.29, 0.717) is 5.75 Å². The van der Waals surface area contributed by atoms with Crippen molar-refractivity contribution in [3.63, 3.8) is 0 Å². The average Bonchev–Trinajstić information content (AvgIpc) is 3.05. The molecule has 3 heteroatoms. The second-order valence-electron chi connectivity index (χ2n) is 6.61. The molecule has 4 rings (SSSR count). The Morgan fingerprint density at radius 3 is 2.04 bits per heavy atom. The highest BCUT2D eigenvalue weighted by molar-refractivity contribution is 8.00. The standard InChI is InChI=1S/C24H21NOS/c1-17-23(20-14-8-9-15-21(20)25-17)22(26)16-27-24(18-10-4-2-5-11-18)19-12-6-3-7-13-19/h2-15,24-25H,16H2,1H3. The van der Waals surface area contributed by atoms with Crippen LogP contribution in [0.3, 0.4) is 0 Å². The van der Waals surface area contributed by atoms with E-state index in [2.05, 4.69) is 53.5 Å². The van der Waals surface area contributed by atoms with Gasteiger partial charge in [-0.25, -0.2) is 0 Å². The van der Waals surface area contributed by atoms with E-state index in [0.717, 1.165) is 22.2 Å². The van der Waals surface area contributed by atoms with Crippen molar-refractivity contribution in [2.75, 3.05) is 5.75 Å². The molecule has 0 aliphatic rings. The molecule has 3 aromatic carbocycles. The van der Waals surface area contributed by atoms with Crippen LogP contribution in [-0.4, -0.2) is 16.5 Å². The molecule has 2 nitrogen and oxygen atoms in total. The van der Waals surface area contributed by atoms with E-state index in [-0.39, 0.29) is 11.0 Å². The monoisotopic (exact) mass is 371 g/mol. The SMILES string of the molecule is Cc1[nH]c2ccccc2c1C(=O)CSC(c1ccccc1)c1ccccc1. The van der Waals surface area contributed by atoms with Crippen molar-refractivity contribution in [3.8, 4) is 0 Å². The van der Waals surface area contributed by atoms with Crippen molar-refractivity contribution in [1.29, 1.82) is 0 Å². The minimum atomic E-state index is 0.141. The van der Waals surface area contributed by atoms with Crippen LogP contribution in [-0.2, 0) is 0 Å². The van der Waals surface area contributed by atoms with Crippen molar-refractivity contribution >= 4 is 28.4 Å². The van der Waals surface area contributed by atoms with Crippen molar-refractivity contribution in [2.24, 2.45) is 0 Å². The lowest BCUT2D eigenvalue weighted by atomic mass is 10.0. The summed E-state index contributed by atoms with van der Waals surface area (Å²) in [6.07, 6.45) is 0. The summed E-state index contributed by atoms with van der Waals surface area (Å²) in [6.45, 7) is 1.98. The van der Waals surface area contributed by atoms with Gasteiger partial charge in [0.25, 0.3) is 0 Å². The molecule has 4 aromatic rings. The van der Waals surface area contributed by atoms with Crippen LogP contribution < -0.4 is 0 Å². The molecule has 0 spiro atoms. The predicted molar refractivity (Wildman–Crippen MR) is 115 cm³/mol. The van der Waals surface area contributed by atoms with Crippen LogP contribution in [0.25, 0.3) is 10.9 Å². The Kier molecular flexibility index (Phi) is 5.12. The highest BCUT2D eigenvalue weighted by Crippen LogP contribution is 2.36. The number of thioether (sulfide) groups is 1. The number of fused-ring (bicyclic) bond motifs is 1. The summed E-state index contributed by atoms with van der Waals surface area (Å²) < 4.78 is 0. The summed E-state index contributed by atoms with van der Waals surface area (Å²) in [6, 6.07) is 28.8. The maximum atomic E-state index is 13.1. The van der Waals surface area contributed by atoms with Gasteiger partial charge in [-0.15, -0.1) is 11.8 Å². The molecule has 0 saturated heterocycles. The van der Waals surface area contributed by atoms with Gasteiger partial charge in [-0.2, -0.15) is 0 Å². The van der Waals surface area contributed by atoms with Gasteiger partial charge in [-0.1, -0.05) is 78.9 Å². The van der Waals surface area contributed by atoms with E-state index < -0.39 is 0 Å². The van der Waals surface area contributed by atoms with Crippen LogP contribution in [0, 0.1) is 6.92 Å². The van der Waals surface area contributed by atoms with E-state index in [4.69, 9.17) is 0 Å². The molecular weight excluding hydrogens is 350 g/mol. The van der Waals surface area contributed by atoms with E-state index in [1.807, 2.05) is 43.3 Å². The van der Waals surface area contributed by atoms with Crippen LogP contribution in [0.4, 0.5) is 0 Å². The Balaban J connectivity index is 1.61. The van der Waals surface area contributed by atoms with Gasteiger partial charge in [0.1, 0.15) is 0 Å². The fourth-order valence-electron chi connectivity index (χ4n) is 3.51. The number of benzene rings is 3. The molecule has 0 bridgehead atoms. The van der Waals surface area contributed by atoms with Crippen molar-refractivity contribution in [3.05, 3.63) is 107 Å². The minimum Gasteiger partial charge on any atom is -0.358 e. The molecule has 1 aromatic heterocycles. The van der Waals surface area contributed by atoms with E-state index in [9.17, 15) is 4.79 Å². The smallest absolute Gasteiger partial charge is 0.175 e. The largest absolute Gasteiger partial charge is 0.358 e. The number of hydrogen-bond acceptors (Lipinski definition) is 2. The second kappa shape index (κ2) is 7.85. The van der Waals surface area contributed by atoms with Crippen molar-refractivity contribution in [2.45, 2.75) is 12.2 Å². The van der Waals surface area contributed by atoms with Crippen molar-refractivity contribution < 1.29 is 4.79 Å². The number of aryl methyl sites for hydroxylation is 1. The van der Waals surface area contributed by atoms with Gasteiger partial charge < -0.3 is 4.98 Å². The molecular formula is C24H21NOS. The number of para-hydroxylation sites is 1. The first-order chi connectivity index (χ1) is 13.2. The molecule has 0 atom stereocenters. The molecule has 1 N–H and O–H groups in total. The highest BCUT2D eigenvalue weighted by Gasteiger charge is 2.20. The summed E-state index contributed by atoms with van der Waals surface area (Å²) in [5.41, 5.74) is 5.22. The predicted octanol–water partition coefficient (Wildman–Crippen LogP) is 6.18. The fraction of sp³-hybridized carbons (Fsp3) is 0.125. The molecule has 0 unspecified atom stereocenters. The third-order valence-electron chi connectivity index (χ3n) is 4.76. The van der Waals surface area contributed by atoms with Gasteiger partial charge in [0.2, 0.25) is 0 Å². The Morgan fingerprint density at radius 2 is 1.41 bits per heavy atom. The number of rotatable bonds is 6. The summed E-state index contributed by atoms with van der Waals surface area (Å²) >= 11 is 1.69. The fourth-order valence-corrected chi connectivity index (χ4v) is 4.67. The number of aromatic amines is 1. The normalized spacial score (nSPS) is 11.2. The van der Waals surface area contributed by atoms with Gasteiger partial charge >= 0.3 is 0 Å². The first-order valence-electron chi connectivity index (χ1n) is 9.06. The van der Waals surface area contributed by atoms with Gasteiger partial charge in [0.15, 0.2) is 5.78 Å². The Labute approximate surface area is 163 Å². The average molecular weight is 372 g/mol. The highest BCUT2D eigenvalue weighted by atomic mass is 32.2. The molecule has 0 aliphatic carbocycles. The molecule has 134 valence electrons. The number of Topliss-reactive ketones (excluding diaryl/α,β-unsaturated/α-hetero) is 1. The Bertz CT molecular complexity index is 1010. The molecule has 0 fully saturated rings. The zero-order valence-electron chi connectivity index (χ0n) is 15.2. The second-order valence-corrected chi connectivity index (χ2v) is 7.70. The van der Waals surface area contributed by atoms with Crippen LogP contribution in [0.1, 0.15) is 32.4 Å². The quantitative estimate of drug-likeness (QED) is 0.410. The number of H-pyrrole nitrogens is 1. The number of aromatic nitrogens is 1. The zero-order valence-corrected chi connectivity index (χ0v) is 16.0. The third-order valence-corrected chi connectivity index (χ3v) is 6.06. The van der Waals surface area contributed by atoms with Crippen LogP contribution in [0.5, 0.6) is 0 Å². The summed E-state index contributed by atoms with van der Waals surface area (Å²) in [5, 5.41) is 1.15. The first-order valence-corrected chi connectivity index (χ1v) is 10.1. The van der Waals surface area contributed by atoms with E-state index >= 15 is 0 Å². The van der Waals surface area contributed by atoms with E-state index in [1.165, 1.54) is 11.1 Å². The maximum absolute atomic E-state index is 13.1. The number of nitrogens with one attached hydrogen (secondary N) is 1. The van der Waals surface area contributed by atoms with Crippen molar-refractivity contribution in [1.82, 2.24) is 4.98 Å². The molecule has 27 heavy (non-hydrogen) atoms. The zero-order chi connectivity index (χ0) is 18.6. The minimum absolute atomic E-state index is 0.141. The van der Waals surface area contributed by atoms with E-state index in [1.54, 1.807) is 11.8 Å². The first kappa shape index (κ1) is 17.6. The molecule has 0 saturated carbocycles. The summed E-state index contributed by atoms with van der Waals surface area (Å²) in [5.74, 6) is 0.615. The number of hydrogen-bond donors (Lipinski definition) is 1. The topological polar surface area (TPSA) is 32.9 Å². The molecule has 0 radical (unpaired) electrons. The summed E-state index contributed by atoms with van der Waals surface area (Å²) in [7, 11) is 0.